The molecule has 0 radical (unpaired) electrons. The Bertz CT molecular complexity index is 629. The van der Waals surface area contributed by atoms with Crippen molar-refractivity contribution >= 4 is 17.4 Å². The second-order valence-corrected chi connectivity index (χ2v) is 6.73. The Labute approximate surface area is 147 Å². The van der Waals surface area contributed by atoms with Gasteiger partial charge in [-0.05, 0) is 42.7 Å². The van der Waals surface area contributed by atoms with E-state index in [1.54, 1.807) is 6.20 Å². The van der Waals surface area contributed by atoms with Crippen LogP contribution in [0.2, 0.25) is 5.02 Å². The summed E-state index contributed by atoms with van der Waals surface area (Å²) in [6.45, 7) is 2.60. The molecule has 0 amide bonds. The van der Waals surface area contributed by atoms with E-state index in [-0.39, 0.29) is 0 Å². The van der Waals surface area contributed by atoms with Crippen LogP contribution >= 0.6 is 11.6 Å². The van der Waals surface area contributed by atoms with Crippen LogP contribution in [0.1, 0.15) is 24.5 Å². The molecule has 1 atom stereocenters. The lowest BCUT2D eigenvalue weighted by atomic mass is 10.0. The number of aliphatic hydroxyl groups is 1. The van der Waals surface area contributed by atoms with Crippen molar-refractivity contribution in [3.8, 4) is 0 Å². The molecular formula is C18H23ClN4O. The molecule has 0 aliphatic carbocycles. The molecule has 0 spiro atoms. The van der Waals surface area contributed by atoms with Gasteiger partial charge in [-0.3, -0.25) is 0 Å². The number of β-amino-alcohol motifs (C(OH)–C–C–N with tert-alkyl or cyclic N) is 1. The zero-order valence-electron chi connectivity index (χ0n) is 13.8. The van der Waals surface area contributed by atoms with Crippen LogP contribution in [0.15, 0.2) is 42.6 Å². The van der Waals surface area contributed by atoms with Gasteiger partial charge in [0.2, 0.25) is 0 Å². The lowest BCUT2D eigenvalue weighted by Gasteiger charge is -2.37. The van der Waals surface area contributed by atoms with Gasteiger partial charge < -0.3 is 14.9 Å². The summed E-state index contributed by atoms with van der Waals surface area (Å²) < 4.78 is 0. The van der Waals surface area contributed by atoms with Gasteiger partial charge in [-0.2, -0.15) is 5.10 Å². The Morgan fingerprint density at radius 3 is 2.58 bits per heavy atom. The summed E-state index contributed by atoms with van der Waals surface area (Å²) in [5.41, 5.74) is 0.915. The van der Waals surface area contributed by atoms with E-state index in [1.807, 2.05) is 36.4 Å². The van der Waals surface area contributed by atoms with Crippen molar-refractivity contribution in [2.24, 2.45) is 0 Å². The van der Waals surface area contributed by atoms with Crippen LogP contribution in [-0.2, 0) is 0 Å². The van der Waals surface area contributed by atoms with Gasteiger partial charge in [0.05, 0.1) is 6.10 Å². The molecule has 128 valence electrons. The Morgan fingerprint density at radius 1 is 1.25 bits per heavy atom. The van der Waals surface area contributed by atoms with Gasteiger partial charge >= 0.3 is 0 Å². The van der Waals surface area contributed by atoms with Crippen molar-refractivity contribution in [1.82, 2.24) is 15.1 Å². The highest BCUT2D eigenvalue weighted by atomic mass is 35.5. The quantitative estimate of drug-likeness (QED) is 0.902. The first-order valence-corrected chi connectivity index (χ1v) is 8.67. The lowest BCUT2D eigenvalue weighted by molar-refractivity contribution is 0.0972. The van der Waals surface area contributed by atoms with Crippen LogP contribution < -0.4 is 4.90 Å². The van der Waals surface area contributed by atoms with Crippen molar-refractivity contribution in [1.29, 1.82) is 0 Å². The predicted octanol–water partition coefficient (Wildman–Crippen LogP) is 2.76. The first-order chi connectivity index (χ1) is 11.6. The van der Waals surface area contributed by atoms with Crippen LogP contribution in [0.25, 0.3) is 0 Å². The molecule has 6 heteroatoms. The zero-order valence-corrected chi connectivity index (χ0v) is 14.6. The number of aromatic nitrogens is 2. The standard InChI is InChI=1S/C18H23ClN4O/c1-22(18-3-2-10-20-21-18)16-8-11-23(12-9-16)13-17(24)14-4-6-15(19)7-5-14/h2-7,10,16-17,24H,8-9,11-13H2,1H3. The summed E-state index contributed by atoms with van der Waals surface area (Å²) in [6.07, 6.45) is 3.33. The summed E-state index contributed by atoms with van der Waals surface area (Å²) >= 11 is 5.90. The van der Waals surface area contributed by atoms with E-state index in [9.17, 15) is 5.11 Å². The third kappa shape index (κ3) is 4.23. The number of aliphatic hydroxyl groups excluding tert-OH is 1. The molecule has 1 N–H and O–H groups in total. The monoisotopic (exact) mass is 346 g/mol. The molecule has 0 bridgehead atoms. The van der Waals surface area contributed by atoms with Gasteiger partial charge in [0.25, 0.3) is 0 Å². The average molecular weight is 347 g/mol. The van der Waals surface area contributed by atoms with Crippen molar-refractivity contribution in [3.05, 3.63) is 53.2 Å². The smallest absolute Gasteiger partial charge is 0.151 e. The second-order valence-electron chi connectivity index (χ2n) is 6.29. The molecule has 1 aliphatic heterocycles. The maximum absolute atomic E-state index is 10.4. The molecule has 0 saturated carbocycles. The Hall–Kier alpha value is -1.69. The highest BCUT2D eigenvalue weighted by Gasteiger charge is 2.24. The number of benzene rings is 1. The number of halogens is 1. The van der Waals surface area contributed by atoms with Crippen molar-refractivity contribution in [2.45, 2.75) is 25.0 Å². The maximum atomic E-state index is 10.4. The van der Waals surface area contributed by atoms with Crippen molar-refractivity contribution < 1.29 is 5.11 Å². The third-order valence-corrected chi connectivity index (χ3v) is 4.96. The van der Waals surface area contributed by atoms with Gasteiger partial charge in [-0.15, -0.1) is 5.10 Å². The summed E-state index contributed by atoms with van der Waals surface area (Å²) in [5, 5.41) is 19.2. The maximum Gasteiger partial charge on any atom is 0.151 e. The number of piperidine rings is 1. The van der Waals surface area contributed by atoms with E-state index in [0.29, 0.717) is 17.6 Å². The molecule has 1 fully saturated rings. The van der Waals surface area contributed by atoms with Crippen LogP contribution in [0.4, 0.5) is 5.82 Å². The second kappa shape index (κ2) is 7.92. The van der Waals surface area contributed by atoms with Crippen molar-refractivity contribution in [3.63, 3.8) is 0 Å². The summed E-state index contributed by atoms with van der Waals surface area (Å²) in [7, 11) is 2.08. The minimum Gasteiger partial charge on any atom is -0.387 e. The first kappa shape index (κ1) is 17.1. The normalized spacial score (nSPS) is 17.6. The third-order valence-electron chi connectivity index (χ3n) is 4.71. The van der Waals surface area contributed by atoms with Crippen LogP contribution in [0.3, 0.4) is 0 Å². The summed E-state index contributed by atoms with van der Waals surface area (Å²) in [6, 6.07) is 11.8. The highest BCUT2D eigenvalue weighted by Crippen LogP contribution is 2.22. The minimum absolute atomic E-state index is 0.464. The van der Waals surface area contributed by atoms with Gasteiger partial charge in [-0.25, -0.2) is 0 Å². The van der Waals surface area contributed by atoms with E-state index < -0.39 is 6.10 Å². The SMILES string of the molecule is CN(c1cccnn1)C1CCN(CC(O)c2ccc(Cl)cc2)CC1. The number of nitrogens with zero attached hydrogens (tertiary/aromatic N) is 4. The fraction of sp³-hybridized carbons (Fsp3) is 0.444. The Balaban J connectivity index is 1.51. The van der Waals surface area contributed by atoms with E-state index in [1.165, 1.54) is 0 Å². The van der Waals surface area contributed by atoms with E-state index in [0.717, 1.165) is 37.3 Å². The predicted molar refractivity (Wildman–Crippen MR) is 96.3 cm³/mol. The topological polar surface area (TPSA) is 52.5 Å². The molecule has 5 nitrogen and oxygen atoms in total. The number of hydrogen-bond acceptors (Lipinski definition) is 5. The number of anilines is 1. The first-order valence-electron chi connectivity index (χ1n) is 8.30. The van der Waals surface area contributed by atoms with Gasteiger partial charge in [0.15, 0.2) is 5.82 Å². The highest BCUT2D eigenvalue weighted by molar-refractivity contribution is 6.30. The largest absolute Gasteiger partial charge is 0.387 e. The number of likely N-dealkylation sites (tertiary alicyclic amines) is 1. The van der Waals surface area contributed by atoms with E-state index in [4.69, 9.17) is 11.6 Å². The van der Waals surface area contributed by atoms with Gasteiger partial charge in [-0.1, -0.05) is 23.7 Å². The summed E-state index contributed by atoms with van der Waals surface area (Å²) in [4.78, 5) is 4.53. The van der Waals surface area contributed by atoms with E-state index >= 15 is 0 Å². The molecule has 24 heavy (non-hydrogen) atoms. The minimum atomic E-state index is -0.475. The van der Waals surface area contributed by atoms with E-state index in [2.05, 4.69) is 27.0 Å². The summed E-state index contributed by atoms with van der Waals surface area (Å²) in [5.74, 6) is 0.914. The molecule has 3 rings (SSSR count). The number of hydrogen-bond donors (Lipinski definition) is 1. The molecule has 1 unspecified atom stereocenters. The molecule has 2 aromatic rings. The molecular weight excluding hydrogens is 324 g/mol. The Morgan fingerprint density at radius 2 is 1.96 bits per heavy atom. The lowest BCUT2D eigenvalue weighted by Crippen LogP contribution is -2.44. The average Bonchev–Trinajstić information content (AvgIpc) is 2.63. The Kier molecular flexibility index (Phi) is 5.66. The van der Waals surface area contributed by atoms with Crippen LogP contribution in [0.5, 0.6) is 0 Å². The molecule has 1 aromatic carbocycles. The van der Waals surface area contributed by atoms with Crippen molar-refractivity contribution in [2.75, 3.05) is 31.6 Å². The van der Waals surface area contributed by atoms with Gasteiger partial charge in [0, 0.05) is 43.9 Å². The molecule has 1 aromatic heterocycles. The molecule has 2 heterocycles. The fourth-order valence-electron chi connectivity index (χ4n) is 3.19. The zero-order chi connectivity index (χ0) is 16.9. The molecule has 1 saturated heterocycles. The van der Waals surface area contributed by atoms with Crippen LogP contribution in [-0.4, -0.2) is 52.9 Å². The fourth-order valence-corrected chi connectivity index (χ4v) is 3.32. The number of rotatable bonds is 5. The van der Waals surface area contributed by atoms with Gasteiger partial charge in [0.1, 0.15) is 0 Å². The van der Waals surface area contributed by atoms with Crippen LogP contribution in [0, 0.1) is 0 Å². The molecule has 1 aliphatic rings.